The lowest BCUT2D eigenvalue weighted by atomic mass is 10.2. The molecular formula is C14H19BrN2O2. The Bertz CT molecular complexity index is 474. The Hall–Kier alpha value is -0.810. The smallest absolute Gasteiger partial charge is 0.270 e. The van der Waals surface area contributed by atoms with Crippen molar-refractivity contribution in [1.82, 2.24) is 9.47 Å². The van der Waals surface area contributed by atoms with Crippen molar-refractivity contribution in [2.24, 2.45) is 0 Å². The number of carbonyl (C=O) groups excluding carboxylic acids is 1. The Morgan fingerprint density at radius 3 is 2.74 bits per heavy atom. The molecule has 2 fully saturated rings. The molecule has 3 heterocycles. The van der Waals surface area contributed by atoms with Gasteiger partial charge in [0.05, 0.1) is 12.2 Å². The summed E-state index contributed by atoms with van der Waals surface area (Å²) in [4.78, 5) is 14.6. The number of nitrogens with zero attached hydrogens (tertiary/aromatic N) is 2. The van der Waals surface area contributed by atoms with Gasteiger partial charge in [0.15, 0.2) is 0 Å². The molecule has 2 saturated heterocycles. The molecule has 0 aromatic carbocycles. The standard InChI is InChI=1S/C14H19BrN2O2/c1-2-5-16-7-10(15)6-13(16)14(18)17-8-11-3-4-12(9-17)19-11/h6-7,11-12H,2-5,8-9H2,1H3. The Morgan fingerprint density at radius 1 is 1.42 bits per heavy atom. The molecule has 19 heavy (non-hydrogen) atoms. The van der Waals surface area contributed by atoms with E-state index in [-0.39, 0.29) is 18.1 Å². The van der Waals surface area contributed by atoms with Gasteiger partial charge in [0, 0.05) is 30.3 Å². The van der Waals surface area contributed by atoms with Crippen LogP contribution in [0.15, 0.2) is 16.7 Å². The van der Waals surface area contributed by atoms with Crippen molar-refractivity contribution in [3.63, 3.8) is 0 Å². The molecule has 2 unspecified atom stereocenters. The van der Waals surface area contributed by atoms with Crippen LogP contribution < -0.4 is 0 Å². The largest absolute Gasteiger partial charge is 0.371 e. The highest BCUT2D eigenvalue weighted by Gasteiger charge is 2.36. The van der Waals surface area contributed by atoms with Gasteiger partial charge in [-0.05, 0) is 41.3 Å². The van der Waals surface area contributed by atoms with E-state index in [9.17, 15) is 4.79 Å². The van der Waals surface area contributed by atoms with Crippen molar-refractivity contribution >= 4 is 21.8 Å². The molecule has 0 spiro atoms. The highest BCUT2D eigenvalue weighted by molar-refractivity contribution is 9.10. The summed E-state index contributed by atoms with van der Waals surface area (Å²) < 4.78 is 8.80. The van der Waals surface area contributed by atoms with E-state index in [1.807, 2.05) is 21.7 Å². The van der Waals surface area contributed by atoms with Crippen molar-refractivity contribution in [1.29, 1.82) is 0 Å². The van der Waals surface area contributed by atoms with Crippen LogP contribution in [0, 0.1) is 0 Å². The van der Waals surface area contributed by atoms with E-state index in [1.54, 1.807) is 0 Å². The monoisotopic (exact) mass is 326 g/mol. The highest BCUT2D eigenvalue weighted by atomic mass is 79.9. The average Bonchev–Trinajstić information content (AvgIpc) is 2.92. The molecule has 2 aliphatic heterocycles. The summed E-state index contributed by atoms with van der Waals surface area (Å²) in [5.41, 5.74) is 0.787. The molecule has 104 valence electrons. The lowest BCUT2D eigenvalue weighted by molar-refractivity contribution is -0.0306. The van der Waals surface area contributed by atoms with Crippen LogP contribution in [0.2, 0.25) is 0 Å². The predicted octanol–water partition coefficient (Wildman–Crippen LogP) is 2.66. The normalized spacial score (nSPS) is 25.9. The van der Waals surface area contributed by atoms with Crippen molar-refractivity contribution in [2.75, 3.05) is 13.1 Å². The second-order valence-corrected chi connectivity index (χ2v) is 6.32. The molecule has 0 radical (unpaired) electrons. The first kappa shape index (κ1) is 13.2. The molecule has 0 saturated carbocycles. The van der Waals surface area contributed by atoms with Gasteiger partial charge < -0.3 is 14.2 Å². The van der Waals surface area contributed by atoms with Gasteiger partial charge in [0.1, 0.15) is 5.69 Å². The number of aryl methyl sites for hydroxylation is 1. The zero-order chi connectivity index (χ0) is 13.4. The summed E-state index contributed by atoms with van der Waals surface area (Å²) in [6, 6.07) is 1.93. The number of aromatic nitrogens is 1. The van der Waals surface area contributed by atoms with Crippen molar-refractivity contribution in [3.05, 3.63) is 22.4 Å². The van der Waals surface area contributed by atoms with E-state index >= 15 is 0 Å². The fourth-order valence-electron chi connectivity index (χ4n) is 3.02. The lowest BCUT2D eigenvalue weighted by Gasteiger charge is -2.32. The molecular weight excluding hydrogens is 308 g/mol. The molecule has 4 nitrogen and oxygen atoms in total. The molecule has 1 amide bonds. The number of ether oxygens (including phenoxy) is 1. The number of halogens is 1. The van der Waals surface area contributed by atoms with E-state index in [1.165, 1.54) is 0 Å². The second kappa shape index (κ2) is 5.29. The number of hydrogen-bond acceptors (Lipinski definition) is 2. The van der Waals surface area contributed by atoms with Gasteiger partial charge in [-0.25, -0.2) is 0 Å². The topological polar surface area (TPSA) is 34.5 Å². The maximum absolute atomic E-state index is 12.7. The van der Waals surface area contributed by atoms with Crippen LogP contribution in [0.1, 0.15) is 36.7 Å². The van der Waals surface area contributed by atoms with Gasteiger partial charge in [0.2, 0.25) is 0 Å². The minimum Gasteiger partial charge on any atom is -0.371 e. The van der Waals surface area contributed by atoms with Gasteiger partial charge in [-0.1, -0.05) is 6.92 Å². The minimum absolute atomic E-state index is 0.138. The fourth-order valence-corrected chi connectivity index (χ4v) is 3.49. The third-order valence-electron chi connectivity index (χ3n) is 3.88. The number of rotatable bonds is 3. The molecule has 0 N–H and O–H groups in total. The maximum Gasteiger partial charge on any atom is 0.270 e. The summed E-state index contributed by atoms with van der Waals surface area (Å²) >= 11 is 3.47. The van der Waals surface area contributed by atoms with Crippen LogP contribution >= 0.6 is 15.9 Å². The van der Waals surface area contributed by atoms with Gasteiger partial charge in [-0.2, -0.15) is 0 Å². The maximum atomic E-state index is 12.7. The fraction of sp³-hybridized carbons (Fsp3) is 0.643. The molecule has 5 heteroatoms. The third kappa shape index (κ3) is 2.58. The molecule has 2 atom stereocenters. The number of morpholine rings is 1. The van der Waals surface area contributed by atoms with Crippen LogP contribution in [-0.4, -0.2) is 40.7 Å². The molecule has 0 aliphatic carbocycles. The highest BCUT2D eigenvalue weighted by Crippen LogP contribution is 2.27. The first-order valence-electron chi connectivity index (χ1n) is 6.97. The molecule has 2 aliphatic rings. The first-order valence-corrected chi connectivity index (χ1v) is 7.77. The summed E-state index contributed by atoms with van der Waals surface area (Å²) in [5.74, 6) is 0.138. The number of carbonyl (C=O) groups is 1. The third-order valence-corrected chi connectivity index (χ3v) is 4.31. The van der Waals surface area contributed by atoms with Crippen LogP contribution in [0.25, 0.3) is 0 Å². The molecule has 3 rings (SSSR count). The minimum atomic E-state index is 0.138. The predicted molar refractivity (Wildman–Crippen MR) is 76.2 cm³/mol. The van der Waals surface area contributed by atoms with Gasteiger partial charge in [-0.3, -0.25) is 4.79 Å². The van der Waals surface area contributed by atoms with Crippen LogP contribution in [0.4, 0.5) is 0 Å². The van der Waals surface area contributed by atoms with Crippen molar-refractivity contribution in [3.8, 4) is 0 Å². The van der Waals surface area contributed by atoms with E-state index in [4.69, 9.17) is 4.74 Å². The van der Waals surface area contributed by atoms with Crippen molar-refractivity contribution < 1.29 is 9.53 Å². The van der Waals surface area contributed by atoms with Gasteiger partial charge >= 0.3 is 0 Å². The number of likely N-dealkylation sites (tertiary alicyclic amines) is 1. The summed E-state index contributed by atoms with van der Waals surface area (Å²) in [6.07, 6.45) is 5.70. The number of amides is 1. The van der Waals surface area contributed by atoms with Crippen LogP contribution in [0.5, 0.6) is 0 Å². The quantitative estimate of drug-likeness (QED) is 0.855. The zero-order valence-electron chi connectivity index (χ0n) is 11.1. The Labute approximate surface area is 121 Å². The van der Waals surface area contributed by atoms with E-state index in [2.05, 4.69) is 22.9 Å². The van der Waals surface area contributed by atoms with E-state index in [0.717, 1.165) is 49.1 Å². The Balaban J connectivity index is 1.79. The molecule has 1 aromatic heterocycles. The Morgan fingerprint density at radius 2 is 2.11 bits per heavy atom. The lowest BCUT2D eigenvalue weighted by Crippen LogP contribution is -2.46. The summed E-state index contributed by atoms with van der Waals surface area (Å²) in [5, 5.41) is 0. The molecule has 2 bridgehead atoms. The SMILES string of the molecule is CCCn1cc(Br)cc1C(=O)N1CC2CCC(C1)O2. The first-order chi connectivity index (χ1) is 9.17. The number of fused-ring (bicyclic) bond motifs is 2. The average molecular weight is 327 g/mol. The Kier molecular flexibility index (Phi) is 3.67. The zero-order valence-corrected chi connectivity index (χ0v) is 12.7. The van der Waals surface area contributed by atoms with Gasteiger partial charge in [0.25, 0.3) is 5.91 Å². The van der Waals surface area contributed by atoms with Crippen LogP contribution in [-0.2, 0) is 11.3 Å². The van der Waals surface area contributed by atoms with Crippen LogP contribution in [0.3, 0.4) is 0 Å². The summed E-state index contributed by atoms with van der Waals surface area (Å²) in [6.45, 7) is 4.48. The van der Waals surface area contributed by atoms with Crippen molar-refractivity contribution in [2.45, 2.75) is 44.9 Å². The molecule has 1 aromatic rings. The number of hydrogen-bond donors (Lipinski definition) is 0. The second-order valence-electron chi connectivity index (χ2n) is 5.40. The van der Waals surface area contributed by atoms with E-state index in [0.29, 0.717) is 0 Å². The van der Waals surface area contributed by atoms with E-state index < -0.39 is 0 Å². The summed E-state index contributed by atoms with van der Waals surface area (Å²) in [7, 11) is 0. The van der Waals surface area contributed by atoms with Gasteiger partial charge in [-0.15, -0.1) is 0 Å².